The van der Waals surface area contributed by atoms with E-state index in [1.807, 2.05) is 51.1 Å². The van der Waals surface area contributed by atoms with Gasteiger partial charge in [0.1, 0.15) is 0 Å². The molecule has 1 aliphatic heterocycles. The van der Waals surface area contributed by atoms with E-state index in [0.29, 0.717) is 19.3 Å². The van der Waals surface area contributed by atoms with Crippen LogP contribution < -0.4 is 5.43 Å². The average molecular weight is 328 g/mol. The molecule has 3 rings (SSSR count). The number of carbonyl (C=O) groups excluding carboxylic acids is 3. The lowest BCUT2D eigenvalue weighted by molar-refractivity contribution is -0.174. The van der Waals surface area contributed by atoms with Gasteiger partial charge in [-0.25, -0.2) is 0 Å². The van der Waals surface area contributed by atoms with Crippen molar-refractivity contribution in [2.75, 3.05) is 0 Å². The lowest BCUT2D eigenvalue weighted by Gasteiger charge is -2.47. The van der Waals surface area contributed by atoms with Gasteiger partial charge in [-0.3, -0.25) is 19.8 Å². The molecule has 1 saturated heterocycles. The summed E-state index contributed by atoms with van der Waals surface area (Å²) in [6.45, 7) is 5.87. The van der Waals surface area contributed by atoms with E-state index < -0.39 is 5.41 Å². The van der Waals surface area contributed by atoms with E-state index in [2.05, 4.69) is 5.43 Å². The van der Waals surface area contributed by atoms with Gasteiger partial charge in [0.2, 0.25) is 5.91 Å². The van der Waals surface area contributed by atoms with E-state index in [9.17, 15) is 14.4 Å². The first-order chi connectivity index (χ1) is 11.3. The third kappa shape index (κ3) is 2.43. The molecule has 0 spiro atoms. The molecule has 1 N–H and O–H groups in total. The van der Waals surface area contributed by atoms with Gasteiger partial charge in [0.15, 0.2) is 0 Å². The van der Waals surface area contributed by atoms with E-state index in [-0.39, 0.29) is 35.5 Å². The summed E-state index contributed by atoms with van der Waals surface area (Å²) in [5.41, 5.74) is 2.63. The number of imide groups is 1. The zero-order valence-electron chi connectivity index (χ0n) is 14.5. The van der Waals surface area contributed by atoms with Crippen molar-refractivity contribution in [2.24, 2.45) is 16.7 Å². The average Bonchev–Trinajstić information content (AvgIpc) is 2.75. The molecule has 1 aliphatic carbocycles. The van der Waals surface area contributed by atoms with Crippen molar-refractivity contribution in [2.45, 2.75) is 46.5 Å². The fourth-order valence-electron chi connectivity index (χ4n) is 4.01. The molecular formula is C19H24N2O3. The highest BCUT2D eigenvalue weighted by atomic mass is 16.2. The Balaban J connectivity index is 1.68. The summed E-state index contributed by atoms with van der Waals surface area (Å²) in [5, 5.41) is 0.982. The maximum Gasteiger partial charge on any atom is 0.254 e. The van der Waals surface area contributed by atoms with Crippen LogP contribution in [-0.2, 0) is 20.8 Å². The summed E-state index contributed by atoms with van der Waals surface area (Å²) in [5.74, 6) is -1.06. The zero-order valence-corrected chi connectivity index (χ0v) is 14.5. The Kier molecular flexibility index (Phi) is 3.98. The number of aryl methyl sites for hydroxylation is 1. The zero-order chi connectivity index (χ0) is 17.5. The number of hydrazine groups is 1. The highest BCUT2D eigenvalue weighted by molar-refractivity contribution is 6.04. The number of nitrogens with zero attached hydrogens (tertiary/aromatic N) is 1. The second-order valence-electron chi connectivity index (χ2n) is 7.64. The lowest BCUT2D eigenvalue weighted by Crippen LogP contribution is -2.64. The third-order valence-corrected chi connectivity index (χ3v) is 6.14. The number of nitrogens with one attached hydrogen (secondary N) is 1. The minimum atomic E-state index is -0.599. The van der Waals surface area contributed by atoms with Crippen molar-refractivity contribution < 1.29 is 14.4 Å². The van der Waals surface area contributed by atoms with Crippen LogP contribution in [0.1, 0.15) is 45.6 Å². The van der Waals surface area contributed by atoms with Gasteiger partial charge in [-0.2, -0.15) is 5.01 Å². The van der Waals surface area contributed by atoms with Crippen LogP contribution in [0.5, 0.6) is 0 Å². The van der Waals surface area contributed by atoms with Gasteiger partial charge in [0.05, 0.1) is 5.41 Å². The topological polar surface area (TPSA) is 66.5 Å². The monoisotopic (exact) mass is 328 g/mol. The molecule has 2 fully saturated rings. The van der Waals surface area contributed by atoms with Crippen molar-refractivity contribution in [1.82, 2.24) is 10.4 Å². The van der Waals surface area contributed by atoms with E-state index in [4.69, 9.17) is 0 Å². The van der Waals surface area contributed by atoms with Gasteiger partial charge in [0.25, 0.3) is 11.8 Å². The third-order valence-electron chi connectivity index (χ3n) is 6.14. The molecular weight excluding hydrogens is 304 g/mol. The number of fused-ring (bicyclic) bond motifs is 2. The molecule has 128 valence electrons. The van der Waals surface area contributed by atoms with Crippen LogP contribution in [0.15, 0.2) is 30.3 Å². The molecule has 0 unspecified atom stereocenters. The number of rotatable bonds is 4. The molecule has 24 heavy (non-hydrogen) atoms. The molecule has 2 atom stereocenters. The Bertz CT molecular complexity index is 683. The Morgan fingerprint density at radius 3 is 2.54 bits per heavy atom. The molecule has 3 amide bonds. The van der Waals surface area contributed by atoms with Gasteiger partial charge < -0.3 is 0 Å². The van der Waals surface area contributed by atoms with E-state index in [0.717, 1.165) is 10.6 Å². The van der Waals surface area contributed by atoms with Crippen LogP contribution in [-0.4, -0.2) is 22.7 Å². The highest BCUT2D eigenvalue weighted by Crippen LogP contribution is 2.59. The number of hydrogen-bond acceptors (Lipinski definition) is 3. The van der Waals surface area contributed by atoms with Crippen molar-refractivity contribution in [1.29, 1.82) is 0 Å². The van der Waals surface area contributed by atoms with Gasteiger partial charge >= 0.3 is 0 Å². The number of benzene rings is 1. The minimum absolute atomic E-state index is 0.213. The van der Waals surface area contributed by atoms with Crippen molar-refractivity contribution in [3.63, 3.8) is 0 Å². The van der Waals surface area contributed by atoms with E-state index in [1.165, 1.54) is 0 Å². The SMILES string of the molecule is CC1(C)[C@H]2CC[C@]1(C)C(=O)N(NC(=O)CCc1ccccc1)C2=O. The van der Waals surface area contributed by atoms with Crippen molar-refractivity contribution >= 4 is 17.7 Å². The van der Waals surface area contributed by atoms with E-state index >= 15 is 0 Å². The second kappa shape index (κ2) is 5.72. The minimum Gasteiger partial charge on any atom is -0.273 e. The van der Waals surface area contributed by atoms with Crippen molar-refractivity contribution in [3.8, 4) is 0 Å². The Labute approximate surface area is 142 Å². The summed E-state index contributed by atoms with van der Waals surface area (Å²) in [4.78, 5) is 37.7. The Morgan fingerprint density at radius 1 is 1.21 bits per heavy atom. The summed E-state index contributed by atoms with van der Waals surface area (Å²) in [6, 6.07) is 9.67. The van der Waals surface area contributed by atoms with Crippen LogP contribution in [0, 0.1) is 16.7 Å². The molecule has 2 aliphatic rings. The van der Waals surface area contributed by atoms with Gasteiger partial charge in [-0.05, 0) is 30.2 Å². The summed E-state index contributed by atoms with van der Waals surface area (Å²) < 4.78 is 0. The smallest absolute Gasteiger partial charge is 0.254 e. The summed E-state index contributed by atoms with van der Waals surface area (Å²) >= 11 is 0. The Hall–Kier alpha value is -2.17. The van der Waals surface area contributed by atoms with Gasteiger partial charge in [0, 0.05) is 12.3 Å². The largest absolute Gasteiger partial charge is 0.273 e. The molecule has 2 bridgehead atoms. The van der Waals surface area contributed by atoms with Crippen LogP contribution in [0.3, 0.4) is 0 Å². The first kappa shape index (κ1) is 16.7. The van der Waals surface area contributed by atoms with Gasteiger partial charge in [-0.1, -0.05) is 51.1 Å². The van der Waals surface area contributed by atoms with Crippen LogP contribution >= 0.6 is 0 Å². The predicted octanol–water partition coefficient (Wildman–Crippen LogP) is 2.46. The maximum absolute atomic E-state index is 12.8. The highest BCUT2D eigenvalue weighted by Gasteiger charge is 2.64. The Morgan fingerprint density at radius 2 is 1.88 bits per heavy atom. The fourth-order valence-corrected chi connectivity index (χ4v) is 4.01. The summed E-state index contributed by atoms with van der Waals surface area (Å²) in [6.07, 6.45) is 2.21. The van der Waals surface area contributed by atoms with Crippen molar-refractivity contribution in [3.05, 3.63) is 35.9 Å². The molecule has 1 saturated carbocycles. The number of piperidine rings is 1. The van der Waals surface area contributed by atoms with Crippen LogP contribution in [0.2, 0.25) is 0 Å². The molecule has 1 aromatic rings. The van der Waals surface area contributed by atoms with Crippen LogP contribution in [0.4, 0.5) is 0 Å². The molecule has 5 heteroatoms. The molecule has 0 radical (unpaired) electrons. The fraction of sp³-hybridized carbons (Fsp3) is 0.526. The number of amides is 3. The number of hydrogen-bond donors (Lipinski definition) is 1. The molecule has 0 aromatic heterocycles. The second-order valence-corrected chi connectivity index (χ2v) is 7.64. The molecule has 1 aromatic carbocycles. The quantitative estimate of drug-likeness (QED) is 0.864. The first-order valence-corrected chi connectivity index (χ1v) is 8.49. The summed E-state index contributed by atoms with van der Waals surface area (Å²) in [7, 11) is 0. The molecule has 5 nitrogen and oxygen atoms in total. The maximum atomic E-state index is 12.8. The van der Waals surface area contributed by atoms with Crippen LogP contribution in [0.25, 0.3) is 0 Å². The lowest BCUT2D eigenvalue weighted by atomic mass is 9.63. The standard InChI is InChI=1S/C19H24N2O3/c1-18(2)14-11-12-19(18,3)17(24)21(16(14)23)20-15(22)10-9-13-7-5-4-6-8-13/h4-8,14H,9-12H2,1-3H3,(H,20,22)/t14-,19+/m0/s1. The first-order valence-electron chi connectivity index (χ1n) is 8.49. The molecule has 1 heterocycles. The van der Waals surface area contributed by atoms with Gasteiger partial charge in [-0.15, -0.1) is 0 Å². The van der Waals surface area contributed by atoms with E-state index in [1.54, 1.807) is 0 Å². The normalized spacial score (nSPS) is 28.1. The predicted molar refractivity (Wildman–Crippen MR) is 89.4 cm³/mol. The number of carbonyl (C=O) groups is 3.